The summed E-state index contributed by atoms with van der Waals surface area (Å²) in [6, 6.07) is 0. The molecule has 4 aliphatic carbocycles. The fourth-order valence-electron chi connectivity index (χ4n) is 10.4. The summed E-state index contributed by atoms with van der Waals surface area (Å²) in [6.07, 6.45) is 20.7. The summed E-state index contributed by atoms with van der Waals surface area (Å²) in [6.45, 7) is 11.0. The maximum absolute atomic E-state index is 12.7. The van der Waals surface area contributed by atoms with Crippen molar-refractivity contribution >= 4 is 12.0 Å². The summed E-state index contributed by atoms with van der Waals surface area (Å²) in [5.74, 6) is 3.07. The normalized spacial score (nSPS) is 38.0. The fourth-order valence-corrected chi connectivity index (χ4v) is 10.4. The molecule has 250 valence electrons. The lowest BCUT2D eigenvalue weighted by Crippen LogP contribution is -2.50. The number of aliphatic hydroxyl groups excluding tert-OH is 1. The number of rotatable bonds is 13. The van der Waals surface area contributed by atoms with Crippen molar-refractivity contribution < 1.29 is 24.2 Å². The molecule has 0 spiro atoms. The van der Waals surface area contributed by atoms with E-state index in [4.69, 9.17) is 9.47 Å². The van der Waals surface area contributed by atoms with E-state index >= 15 is 0 Å². The lowest BCUT2D eigenvalue weighted by molar-refractivity contribution is -0.129. The molecule has 2 N–H and O–H groups in total. The van der Waals surface area contributed by atoms with Crippen LogP contribution in [-0.4, -0.2) is 67.1 Å². The second-order valence-corrected chi connectivity index (χ2v) is 15.5. The van der Waals surface area contributed by atoms with E-state index in [0.717, 1.165) is 42.9 Å². The number of carbonyl (C=O) groups is 2. The molecule has 0 bridgehead atoms. The zero-order valence-electron chi connectivity index (χ0n) is 28.3. The molecule has 1 heterocycles. The standard InChI is InChI=1S/C37H62N2O5/c1-5-7-8-9-10-11-12-27-14-16-31-30-15-13-28-21-29(17-19-37(28,4)32(30)18-20-36(27,31)3)44-35(42)38-22-34(41)39-23-26(25-43-6-2)33(40)24-39/h13,26-27,29-33,40H,5-12,14-25H2,1-4H3,(H,38,42)/t26-,27+,29?,30?,31?,32?,33-,36-,37+/m0/s1. The van der Waals surface area contributed by atoms with E-state index in [0.29, 0.717) is 25.2 Å². The van der Waals surface area contributed by atoms with E-state index in [1.165, 1.54) is 82.6 Å². The molecule has 44 heavy (non-hydrogen) atoms. The van der Waals surface area contributed by atoms with E-state index in [1.807, 2.05) is 6.92 Å². The van der Waals surface area contributed by atoms with Crippen molar-refractivity contribution in [2.75, 3.05) is 32.8 Å². The molecule has 2 amide bonds. The first-order chi connectivity index (χ1) is 21.2. The number of nitrogens with zero attached hydrogens (tertiary/aromatic N) is 1. The van der Waals surface area contributed by atoms with Crippen LogP contribution in [0.4, 0.5) is 4.79 Å². The lowest BCUT2D eigenvalue weighted by Gasteiger charge is -2.58. The van der Waals surface area contributed by atoms with E-state index in [2.05, 4.69) is 32.2 Å². The van der Waals surface area contributed by atoms with E-state index < -0.39 is 12.2 Å². The fraction of sp³-hybridized carbons (Fsp3) is 0.892. The Bertz CT molecular complexity index is 1020. The van der Waals surface area contributed by atoms with Gasteiger partial charge in [0.15, 0.2) is 0 Å². The molecule has 3 saturated carbocycles. The summed E-state index contributed by atoms with van der Waals surface area (Å²) in [7, 11) is 0. The summed E-state index contributed by atoms with van der Waals surface area (Å²) < 4.78 is 11.3. The van der Waals surface area contributed by atoms with Crippen molar-refractivity contribution in [3.63, 3.8) is 0 Å². The first kappa shape index (κ1) is 33.8. The van der Waals surface area contributed by atoms with Crippen molar-refractivity contribution in [3.8, 4) is 0 Å². The molecular weight excluding hydrogens is 552 g/mol. The smallest absolute Gasteiger partial charge is 0.407 e. The number of β-amino-alcohol motifs (C(OH)–C–C–N with tert-alkyl or cyclic N) is 1. The van der Waals surface area contributed by atoms with Gasteiger partial charge in [-0.25, -0.2) is 4.79 Å². The second kappa shape index (κ2) is 14.9. The number of hydrogen-bond acceptors (Lipinski definition) is 5. The Labute approximate surface area is 267 Å². The number of aliphatic hydroxyl groups is 1. The number of fused-ring (bicyclic) bond motifs is 5. The number of nitrogens with one attached hydrogen (secondary N) is 1. The van der Waals surface area contributed by atoms with Crippen LogP contribution in [0.15, 0.2) is 11.6 Å². The van der Waals surface area contributed by atoms with Crippen molar-refractivity contribution in [2.45, 2.75) is 136 Å². The highest BCUT2D eigenvalue weighted by Gasteiger charge is 2.58. The molecule has 0 aromatic heterocycles. The third-order valence-corrected chi connectivity index (χ3v) is 13.1. The Morgan fingerprint density at radius 3 is 2.59 bits per heavy atom. The molecule has 5 aliphatic rings. The Morgan fingerprint density at radius 2 is 1.80 bits per heavy atom. The molecule has 7 nitrogen and oxygen atoms in total. The summed E-state index contributed by atoms with van der Waals surface area (Å²) in [5.41, 5.74) is 2.26. The van der Waals surface area contributed by atoms with Gasteiger partial charge in [0.25, 0.3) is 0 Å². The molecule has 9 atom stereocenters. The summed E-state index contributed by atoms with van der Waals surface area (Å²) in [5, 5.41) is 12.9. The zero-order valence-corrected chi connectivity index (χ0v) is 28.3. The Morgan fingerprint density at radius 1 is 1.00 bits per heavy atom. The van der Waals surface area contributed by atoms with Crippen molar-refractivity contribution in [2.24, 2.45) is 40.4 Å². The Kier molecular flexibility index (Phi) is 11.4. The van der Waals surface area contributed by atoms with E-state index in [-0.39, 0.29) is 36.4 Å². The van der Waals surface area contributed by atoms with Gasteiger partial charge in [0.1, 0.15) is 12.6 Å². The molecular formula is C37H62N2O5. The molecule has 0 aromatic rings. The predicted octanol–water partition coefficient (Wildman–Crippen LogP) is 7.27. The maximum atomic E-state index is 12.7. The number of amides is 2. The minimum atomic E-state index is -0.588. The molecule has 5 rings (SSSR count). The van der Waals surface area contributed by atoms with Crippen LogP contribution in [0.1, 0.15) is 124 Å². The number of hydrogen-bond donors (Lipinski definition) is 2. The number of ether oxygens (including phenoxy) is 2. The van der Waals surface area contributed by atoms with Crippen LogP contribution in [0.3, 0.4) is 0 Å². The highest BCUT2D eigenvalue weighted by Crippen LogP contribution is 2.66. The minimum absolute atomic E-state index is 0.0797. The average Bonchev–Trinajstić information content (AvgIpc) is 3.55. The van der Waals surface area contributed by atoms with Crippen LogP contribution in [-0.2, 0) is 14.3 Å². The van der Waals surface area contributed by atoms with Gasteiger partial charge in [0, 0.05) is 32.0 Å². The van der Waals surface area contributed by atoms with Crippen LogP contribution in [0.2, 0.25) is 0 Å². The third kappa shape index (κ3) is 7.19. The number of likely N-dealkylation sites (tertiary alicyclic amines) is 1. The van der Waals surface area contributed by atoms with Gasteiger partial charge in [-0.3, -0.25) is 4.79 Å². The maximum Gasteiger partial charge on any atom is 0.407 e. The highest BCUT2D eigenvalue weighted by atomic mass is 16.6. The van der Waals surface area contributed by atoms with Gasteiger partial charge in [0.2, 0.25) is 5.91 Å². The number of allylic oxidation sites excluding steroid dienone is 1. The highest BCUT2D eigenvalue weighted by molar-refractivity contribution is 5.82. The van der Waals surface area contributed by atoms with Gasteiger partial charge in [-0.05, 0) is 92.8 Å². The molecule has 0 radical (unpaired) electrons. The van der Waals surface area contributed by atoms with Gasteiger partial charge in [-0.2, -0.15) is 0 Å². The van der Waals surface area contributed by atoms with Crippen molar-refractivity contribution in [3.05, 3.63) is 11.6 Å². The van der Waals surface area contributed by atoms with Crippen LogP contribution in [0, 0.1) is 40.4 Å². The van der Waals surface area contributed by atoms with Gasteiger partial charge in [0.05, 0.1) is 12.7 Å². The van der Waals surface area contributed by atoms with Crippen LogP contribution < -0.4 is 5.32 Å². The monoisotopic (exact) mass is 614 g/mol. The first-order valence-corrected chi connectivity index (χ1v) is 18.4. The summed E-state index contributed by atoms with van der Waals surface area (Å²) in [4.78, 5) is 27.0. The van der Waals surface area contributed by atoms with Crippen molar-refractivity contribution in [1.29, 1.82) is 0 Å². The first-order valence-electron chi connectivity index (χ1n) is 18.4. The molecule has 4 fully saturated rings. The van der Waals surface area contributed by atoms with E-state index in [9.17, 15) is 14.7 Å². The predicted molar refractivity (Wildman–Crippen MR) is 174 cm³/mol. The molecule has 4 unspecified atom stereocenters. The molecule has 7 heteroatoms. The summed E-state index contributed by atoms with van der Waals surface area (Å²) >= 11 is 0. The van der Waals surface area contributed by atoms with Crippen LogP contribution >= 0.6 is 0 Å². The average molecular weight is 615 g/mol. The lowest BCUT2D eigenvalue weighted by atomic mass is 9.47. The zero-order chi connectivity index (χ0) is 31.3. The number of alkyl carbamates (subject to hydrolysis) is 1. The largest absolute Gasteiger partial charge is 0.446 e. The van der Waals surface area contributed by atoms with Gasteiger partial charge in [-0.1, -0.05) is 70.9 Å². The quantitative estimate of drug-likeness (QED) is 0.168. The molecule has 0 aromatic carbocycles. The molecule has 1 saturated heterocycles. The topological polar surface area (TPSA) is 88.1 Å². The Hall–Kier alpha value is -1.60. The third-order valence-electron chi connectivity index (χ3n) is 13.1. The van der Waals surface area contributed by atoms with Gasteiger partial charge >= 0.3 is 6.09 Å². The minimum Gasteiger partial charge on any atom is -0.446 e. The van der Waals surface area contributed by atoms with Crippen LogP contribution in [0.25, 0.3) is 0 Å². The number of unbranched alkanes of at least 4 members (excludes halogenated alkanes) is 5. The second-order valence-electron chi connectivity index (χ2n) is 15.5. The van der Waals surface area contributed by atoms with Crippen LogP contribution in [0.5, 0.6) is 0 Å². The SMILES string of the molecule is CCCCCCCC[C@@H]1CCC2C3CC=C4CC(OC(=O)NCC(=O)N5C[C@@H](COCC)[C@@H](O)C5)CC[C@@]4(C)C3CC[C@]21C. The Balaban J connectivity index is 1.09. The van der Waals surface area contributed by atoms with Gasteiger partial charge < -0.3 is 24.8 Å². The molecule has 1 aliphatic heterocycles. The van der Waals surface area contributed by atoms with Crippen molar-refractivity contribution in [1.82, 2.24) is 10.2 Å². The number of carbonyl (C=O) groups excluding carboxylic acids is 2. The van der Waals surface area contributed by atoms with E-state index in [1.54, 1.807) is 4.90 Å². The van der Waals surface area contributed by atoms with Gasteiger partial charge in [-0.15, -0.1) is 0 Å².